The third kappa shape index (κ3) is 4.68. The average Bonchev–Trinajstić information content (AvgIpc) is 2.29. The molecule has 96 valence electrons. The van der Waals surface area contributed by atoms with Gasteiger partial charge in [-0.3, -0.25) is 0 Å². The van der Waals surface area contributed by atoms with Gasteiger partial charge in [0.25, 0.3) is 0 Å². The van der Waals surface area contributed by atoms with Crippen molar-refractivity contribution in [2.45, 2.75) is 27.3 Å². The number of rotatable bonds is 6. The highest BCUT2D eigenvalue weighted by molar-refractivity contribution is 9.10. The molecule has 0 spiro atoms. The Hall–Kier alpha value is -0.540. The monoisotopic (exact) mass is 298 g/mol. The first-order valence-corrected chi connectivity index (χ1v) is 7.04. The van der Waals surface area contributed by atoms with Crippen molar-refractivity contribution in [1.29, 1.82) is 0 Å². The SMILES string of the molecule is CCN(C)c1cc(Br)ccc1CNCC(C)C. The standard InChI is InChI=1S/C14H23BrN2/c1-5-17(4)14-8-13(15)7-6-12(14)10-16-9-11(2)3/h6-8,11,16H,5,9-10H2,1-4H3. The quantitative estimate of drug-likeness (QED) is 0.862. The number of hydrogen-bond acceptors (Lipinski definition) is 2. The van der Waals surface area contributed by atoms with E-state index in [0.29, 0.717) is 5.92 Å². The van der Waals surface area contributed by atoms with Crippen LogP contribution >= 0.6 is 15.9 Å². The fourth-order valence-electron chi connectivity index (χ4n) is 1.71. The first-order chi connectivity index (χ1) is 8.04. The van der Waals surface area contributed by atoms with Crippen LogP contribution in [0.4, 0.5) is 5.69 Å². The molecule has 0 aliphatic heterocycles. The molecule has 0 atom stereocenters. The number of hydrogen-bond donors (Lipinski definition) is 1. The van der Waals surface area contributed by atoms with E-state index in [-0.39, 0.29) is 0 Å². The van der Waals surface area contributed by atoms with Crippen LogP contribution in [0.3, 0.4) is 0 Å². The van der Waals surface area contributed by atoms with Crippen LogP contribution in [-0.4, -0.2) is 20.1 Å². The molecule has 2 nitrogen and oxygen atoms in total. The largest absolute Gasteiger partial charge is 0.375 e. The summed E-state index contributed by atoms with van der Waals surface area (Å²) in [4.78, 5) is 2.27. The van der Waals surface area contributed by atoms with Crippen LogP contribution in [0.15, 0.2) is 22.7 Å². The van der Waals surface area contributed by atoms with Crippen LogP contribution in [0.1, 0.15) is 26.3 Å². The number of nitrogens with zero attached hydrogens (tertiary/aromatic N) is 1. The molecule has 0 aliphatic carbocycles. The lowest BCUT2D eigenvalue weighted by Gasteiger charge is -2.21. The summed E-state index contributed by atoms with van der Waals surface area (Å²) in [6.07, 6.45) is 0. The molecule has 0 heterocycles. The Morgan fingerprint density at radius 1 is 1.35 bits per heavy atom. The van der Waals surface area contributed by atoms with Gasteiger partial charge < -0.3 is 10.2 Å². The molecule has 17 heavy (non-hydrogen) atoms. The molecule has 1 rings (SSSR count). The maximum atomic E-state index is 3.54. The zero-order valence-electron chi connectivity index (χ0n) is 11.3. The molecule has 0 saturated carbocycles. The van der Waals surface area contributed by atoms with E-state index in [1.807, 2.05) is 0 Å². The van der Waals surface area contributed by atoms with E-state index < -0.39 is 0 Å². The van der Waals surface area contributed by atoms with Gasteiger partial charge >= 0.3 is 0 Å². The third-order valence-electron chi connectivity index (χ3n) is 2.80. The number of benzene rings is 1. The summed E-state index contributed by atoms with van der Waals surface area (Å²) >= 11 is 3.54. The lowest BCUT2D eigenvalue weighted by Crippen LogP contribution is -2.22. The molecule has 0 fully saturated rings. The van der Waals surface area contributed by atoms with E-state index in [2.05, 4.69) is 72.2 Å². The second-order valence-electron chi connectivity index (χ2n) is 4.81. The van der Waals surface area contributed by atoms with E-state index in [1.165, 1.54) is 11.3 Å². The van der Waals surface area contributed by atoms with Gasteiger partial charge in [0.15, 0.2) is 0 Å². The first-order valence-electron chi connectivity index (χ1n) is 6.24. The van der Waals surface area contributed by atoms with Crippen molar-refractivity contribution in [3.63, 3.8) is 0 Å². The van der Waals surface area contributed by atoms with Crippen LogP contribution in [0.5, 0.6) is 0 Å². The smallest absolute Gasteiger partial charge is 0.0420 e. The summed E-state index contributed by atoms with van der Waals surface area (Å²) in [5, 5.41) is 3.50. The van der Waals surface area contributed by atoms with E-state index in [1.54, 1.807) is 0 Å². The van der Waals surface area contributed by atoms with Crippen molar-refractivity contribution in [3.8, 4) is 0 Å². The zero-order chi connectivity index (χ0) is 12.8. The van der Waals surface area contributed by atoms with Gasteiger partial charge in [-0.1, -0.05) is 35.8 Å². The molecule has 0 unspecified atom stereocenters. The highest BCUT2D eigenvalue weighted by Gasteiger charge is 2.06. The van der Waals surface area contributed by atoms with Crippen LogP contribution in [0.2, 0.25) is 0 Å². The van der Waals surface area contributed by atoms with Crippen molar-refractivity contribution in [3.05, 3.63) is 28.2 Å². The molecule has 1 aromatic carbocycles. The average molecular weight is 299 g/mol. The summed E-state index contributed by atoms with van der Waals surface area (Å²) < 4.78 is 1.14. The predicted octanol–water partition coefficient (Wildman–Crippen LogP) is 3.65. The molecular formula is C14H23BrN2. The first kappa shape index (κ1) is 14.5. The summed E-state index contributed by atoms with van der Waals surface area (Å²) in [6, 6.07) is 6.49. The maximum Gasteiger partial charge on any atom is 0.0420 e. The minimum Gasteiger partial charge on any atom is -0.375 e. The molecule has 1 N–H and O–H groups in total. The predicted molar refractivity (Wildman–Crippen MR) is 79.6 cm³/mol. The molecule has 1 aromatic rings. The highest BCUT2D eigenvalue weighted by Crippen LogP contribution is 2.24. The number of halogens is 1. The van der Waals surface area contributed by atoms with Crippen molar-refractivity contribution >= 4 is 21.6 Å². The molecule has 0 aliphatic rings. The molecule has 0 bridgehead atoms. The van der Waals surface area contributed by atoms with Gasteiger partial charge in [0, 0.05) is 30.3 Å². The van der Waals surface area contributed by atoms with Crippen molar-refractivity contribution in [2.24, 2.45) is 5.92 Å². The van der Waals surface area contributed by atoms with E-state index in [9.17, 15) is 0 Å². The van der Waals surface area contributed by atoms with Crippen LogP contribution in [0, 0.1) is 5.92 Å². The summed E-state index contributed by atoms with van der Waals surface area (Å²) in [7, 11) is 2.13. The Bertz CT molecular complexity index is 350. The van der Waals surface area contributed by atoms with Crippen LogP contribution < -0.4 is 10.2 Å². The molecule has 0 amide bonds. The van der Waals surface area contributed by atoms with Crippen molar-refractivity contribution < 1.29 is 0 Å². The minimum absolute atomic E-state index is 0.692. The van der Waals surface area contributed by atoms with Gasteiger partial charge in [0.05, 0.1) is 0 Å². The molecular weight excluding hydrogens is 276 g/mol. The Labute approximate surface area is 114 Å². The Balaban J connectivity index is 2.76. The zero-order valence-corrected chi connectivity index (χ0v) is 12.8. The highest BCUT2D eigenvalue weighted by atomic mass is 79.9. The number of anilines is 1. The third-order valence-corrected chi connectivity index (χ3v) is 3.29. The molecule has 0 aromatic heterocycles. The lowest BCUT2D eigenvalue weighted by molar-refractivity contribution is 0.552. The molecule has 0 radical (unpaired) electrons. The van der Waals surface area contributed by atoms with Crippen molar-refractivity contribution in [1.82, 2.24) is 5.32 Å². The van der Waals surface area contributed by atoms with Gasteiger partial charge in [0.1, 0.15) is 0 Å². The lowest BCUT2D eigenvalue weighted by atomic mass is 10.1. The topological polar surface area (TPSA) is 15.3 Å². The van der Waals surface area contributed by atoms with Gasteiger partial charge in [-0.15, -0.1) is 0 Å². The van der Waals surface area contributed by atoms with E-state index in [4.69, 9.17) is 0 Å². The van der Waals surface area contributed by atoms with E-state index >= 15 is 0 Å². The van der Waals surface area contributed by atoms with Crippen LogP contribution in [0.25, 0.3) is 0 Å². The van der Waals surface area contributed by atoms with Gasteiger partial charge in [-0.2, -0.15) is 0 Å². The minimum atomic E-state index is 0.692. The molecule has 3 heteroatoms. The van der Waals surface area contributed by atoms with Gasteiger partial charge in [0.2, 0.25) is 0 Å². The Morgan fingerprint density at radius 2 is 2.06 bits per heavy atom. The van der Waals surface area contributed by atoms with Crippen molar-refractivity contribution in [2.75, 3.05) is 25.0 Å². The second kappa shape index (κ2) is 7.02. The summed E-state index contributed by atoms with van der Waals surface area (Å²) in [6.45, 7) is 9.65. The van der Waals surface area contributed by atoms with E-state index in [0.717, 1.165) is 24.1 Å². The second-order valence-corrected chi connectivity index (χ2v) is 5.73. The summed E-state index contributed by atoms with van der Waals surface area (Å²) in [5.74, 6) is 0.692. The number of nitrogens with one attached hydrogen (secondary N) is 1. The normalized spacial score (nSPS) is 10.9. The maximum absolute atomic E-state index is 3.54. The molecule has 0 saturated heterocycles. The summed E-state index contributed by atoms with van der Waals surface area (Å²) in [5.41, 5.74) is 2.66. The Kier molecular flexibility index (Phi) is 6.00. The Morgan fingerprint density at radius 3 is 2.65 bits per heavy atom. The van der Waals surface area contributed by atoms with Crippen LogP contribution in [-0.2, 0) is 6.54 Å². The van der Waals surface area contributed by atoms with Gasteiger partial charge in [-0.05, 0) is 37.1 Å². The van der Waals surface area contributed by atoms with Gasteiger partial charge in [-0.25, -0.2) is 0 Å². The fourth-order valence-corrected chi connectivity index (χ4v) is 2.06. The fraction of sp³-hybridized carbons (Fsp3) is 0.571.